The van der Waals surface area contributed by atoms with Gasteiger partial charge in [-0.15, -0.1) is 0 Å². The van der Waals surface area contributed by atoms with Crippen molar-refractivity contribution >= 4 is 17.8 Å². The van der Waals surface area contributed by atoms with E-state index in [-0.39, 0.29) is 42.9 Å². The normalized spacial score (nSPS) is 12.1. The zero-order valence-corrected chi connectivity index (χ0v) is 52.5. The monoisotopic (exact) mass is 1070 g/mol. The molecule has 0 aromatic heterocycles. The predicted molar refractivity (Wildman–Crippen MR) is 331 cm³/mol. The van der Waals surface area contributed by atoms with E-state index >= 15 is 0 Å². The van der Waals surface area contributed by atoms with Gasteiger partial charge in [-0.05, 0) is 84.8 Å². The van der Waals surface area contributed by atoms with Crippen LogP contribution in [0.4, 0.5) is 0 Å². The van der Waals surface area contributed by atoms with Crippen molar-refractivity contribution in [1.82, 2.24) is 10.2 Å². The first-order chi connectivity index (χ1) is 37.3. The molecule has 0 fully saturated rings. The summed E-state index contributed by atoms with van der Waals surface area (Å²) in [5, 5.41) is 3.05. The second-order valence-electron chi connectivity index (χ2n) is 24.4. The van der Waals surface area contributed by atoms with E-state index < -0.39 is 6.04 Å². The summed E-state index contributed by atoms with van der Waals surface area (Å²) in [4.78, 5) is 43.4. The van der Waals surface area contributed by atoms with Crippen molar-refractivity contribution in [2.45, 2.75) is 406 Å². The molecule has 1 atom stereocenters. The highest BCUT2D eigenvalue weighted by molar-refractivity contribution is 5.85. The van der Waals surface area contributed by atoms with Crippen LogP contribution < -0.4 is 5.32 Å². The van der Waals surface area contributed by atoms with Crippen molar-refractivity contribution in [1.29, 1.82) is 0 Å². The smallest absolute Gasteiger partial charge is 0.328 e. The lowest BCUT2D eigenvalue weighted by Crippen LogP contribution is -2.43. The molecular formula is C69H136N2O5. The maximum atomic E-state index is 14.2. The molecule has 7 heteroatoms. The van der Waals surface area contributed by atoms with E-state index in [0.717, 1.165) is 57.9 Å². The van der Waals surface area contributed by atoms with Gasteiger partial charge in [0.05, 0.1) is 0 Å². The first-order valence-corrected chi connectivity index (χ1v) is 34.6. The van der Waals surface area contributed by atoms with Gasteiger partial charge in [0.1, 0.15) is 18.2 Å². The third-order valence-corrected chi connectivity index (χ3v) is 16.4. The third kappa shape index (κ3) is 55.7. The van der Waals surface area contributed by atoms with E-state index in [0.29, 0.717) is 12.8 Å². The van der Waals surface area contributed by atoms with Gasteiger partial charge in [-0.3, -0.25) is 9.59 Å². The number of unbranched alkanes of at least 4 members (excludes halogenated alkanes) is 44. The molecule has 7 nitrogen and oxygen atoms in total. The number of hydrogen-bond acceptors (Lipinski definition) is 6. The largest absolute Gasteiger partial charge is 0.462 e. The highest BCUT2D eigenvalue weighted by Crippen LogP contribution is 2.22. The first kappa shape index (κ1) is 74.4. The minimum absolute atomic E-state index is 0.0831. The molecule has 76 heavy (non-hydrogen) atoms. The molecular weight excluding hydrogens is 937 g/mol. The number of nitrogens with one attached hydrogen (secondary N) is 1. The fourth-order valence-corrected chi connectivity index (χ4v) is 11.2. The lowest BCUT2D eigenvalue weighted by molar-refractivity contribution is -0.155. The molecule has 0 radical (unpaired) electrons. The van der Waals surface area contributed by atoms with Crippen molar-refractivity contribution in [2.75, 3.05) is 20.6 Å². The van der Waals surface area contributed by atoms with Crippen molar-refractivity contribution in [3.05, 3.63) is 0 Å². The quantitative estimate of drug-likeness (QED) is 0.0483. The zero-order valence-electron chi connectivity index (χ0n) is 52.5. The number of carbonyl (C=O) groups is 3. The van der Waals surface area contributed by atoms with E-state index in [4.69, 9.17) is 9.47 Å². The van der Waals surface area contributed by atoms with Gasteiger partial charge in [0.15, 0.2) is 0 Å². The summed E-state index contributed by atoms with van der Waals surface area (Å²) in [6.45, 7) is 9.94. The molecule has 0 aliphatic heterocycles. The van der Waals surface area contributed by atoms with Crippen LogP contribution in [0.15, 0.2) is 0 Å². The van der Waals surface area contributed by atoms with Crippen molar-refractivity contribution < 1.29 is 23.9 Å². The first-order valence-electron chi connectivity index (χ1n) is 34.6. The average Bonchev–Trinajstić information content (AvgIpc) is 3.40. The number of rotatable bonds is 63. The molecule has 1 amide bonds. The Labute approximate surface area is 476 Å². The molecule has 452 valence electrons. The second-order valence-corrected chi connectivity index (χ2v) is 24.4. The second kappa shape index (κ2) is 61.0. The Morgan fingerprint density at radius 1 is 0.316 bits per heavy atom. The third-order valence-electron chi connectivity index (χ3n) is 16.4. The van der Waals surface area contributed by atoms with Gasteiger partial charge in [0.2, 0.25) is 5.91 Å². The zero-order chi connectivity index (χ0) is 55.5. The van der Waals surface area contributed by atoms with E-state index in [2.05, 4.69) is 37.9 Å². The molecule has 0 aliphatic rings. The van der Waals surface area contributed by atoms with Gasteiger partial charge in [-0.1, -0.05) is 310 Å². The maximum absolute atomic E-state index is 14.2. The molecule has 0 saturated carbocycles. The molecule has 0 spiro atoms. The van der Waals surface area contributed by atoms with Crippen LogP contribution in [0.5, 0.6) is 0 Å². The Morgan fingerprint density at radius 3 is 0.829 bits per heavy atom. The van der Waals surface area contributed by atoms with E-state index in [1.165, 1.54) is 283 Å². The minimum Gasteiger partial charge on any atom is -0.462 e. The van der Waals surface area contributed by atoms with Crippen LogP contribution in [0.1, 0.15) is 387 Å². The van der Waals surface area contributed by atoms with Gasteiger partial charge in [-0.2, -0.15) is 0 Å². The van der Waals surface area contributed by atoms with Crippen LogP contribution in [-0.4, -0.2) is 61.6 Å². The van der Waals surface area contributed by atoms with Crippen molar-refractivity contribution in [3.8, 4) is 0 Å². The molecule has 1 N–H and O–H groups in total. The number of amides is 1. The summed E-state index contributed by atoms with van der Waals surface area (Å²) in [7, 11) is 4.03. The number of esters is 2. The SMILES string of the molecule is CCCCCCCCCCCCCCC(CCCCCCCCCCCCCC)OC(=O)CCC(NC(=O)CCCN(C)C)C(=O)OC(CCCCCCCCCCCCCC)CCCCCCCCCCCCCC. The summed E-state index contributed by atoms with van der Waals surface area (Å²) < 4.78 is 12.7. The van der Waals surface area contributed by atoms with Gasteiger partial charge < -0.3 is 19.7 Å². The number of hydrogen-bond donors (Lipinski definition) is 1. The van der Waals surface area contributed by atoms with Crippen LogP contribution >= 0.6 is 0 Å². The lowest BCUT2D eigenvalue weighted by Gasteiger charge is -2.24. The molecule has 1 unspecified atom stereocenters. The maximum Gasteiger partial charge on any atom is 0.328 e. The van der Waals surface area contributed by atoms with Crippen LogP contribution in [0.25, 0.3) is 0 Å². The fraction of sp³-hybridized carbons (Fsp3) is 0.957. The van der Waals surface area contributed by atoms with E-state index in [9.17, 15) is 14.4 Å². The number of carbonyl (C=O) groups excluding carboxylic acids is 3. The molecule has 0 saturated heterocycles. The minimum atomic E-state index is -0.850. The van der Waals surface area contributed by atoms with Crippen molar-refractivity contribution in [3.63, 3.8) is 0 Å². The number of nitrogens with zero attached hydrogens (tertiary/aromatic N) is 1. The van der Waals surface area contributed by atoms with Crippen LogP contribution in [0.3, 0.4) is 0 Å². The molecule has 0 heterocycles. The summed E-state index contributed by atoms with van der Waals surface area (Å²) in [6.07, 6.45) is 67.4. The molecule has 0 rings (SSSR count). The Bertz CT molecular complexity index is 1140. The van der Waals surface area contributed by atoms with Gasteiger partial charge in [0, 0.05) is 12.8 Å². The summed E-state index contributed by atoms with van der Waals surface area (Å²) in [5.41, 5.74) is 0. The molecule has 0 aliphatic carbocycles. The molecule has 0 aromatic carbocycles. The standard InChI is InChI=1S/C69H136N2O5/c1-7-11-15-19-23-27-31-35-39-43-47-51-56-64(57-52-48-44-40-36-32-28-24-20-16-12-8-2)75-68(73)62-61-66(70-67(72)60-55-63-71(5)6)69(74)76-65(58-53-49-45-41-37-33-29-25-21-17-13-9-3)59-54-50-46-42-38-34-30-26-22-18-14-10-4/h64-66H,7-63H2,1-6H3,(H,70,72). The number of ether oxygens (including phenoxy) is 2. The highest BCUT2D eigenvalue weighted by atomic mass is 16.5. The van der Waals surface area contributed by atoms with Crippen molar-refractivity contribution in [2.24, 2.45) is 0 Å². The van der Waals surface area contributed by atoms with Crippen LogP contribution in [0.2, 0.25) is 0 Å². The van der Waals surface area contributed by atoms with E-state index in [1.807, 2.05) is 14.1 Å². The summed E-state index contributed by atoms with van der Waals surface area (Å²) in [6, 6.07) is -0.850. The van der Waals surface area contributed by atoms with Gasteiger partial charge >= 0.3 is 11.9 Å². The Balaban J connectivity index is 5.56. The predicted octanol–water partition coefficient (Wildman–Crippen LogP) is 21.8. The summed E-state index contributed by atoms with van der Waals surface area (Å²) >= 11 is 0. The topological polar surface area (TPSA) is 84.9 Å². The average molecular weight is 1070 g/mol. The fourth-order valence-electron chi connectivity index (χ4n) is 11.2. The van der Waals surface area contributed by atoms with Gasteiger partial charge in [0.25, 0.3) is 0 Å². The van der Waals surface area contributed by atoms with E-state index in [1.54, 1.807) is 0 Å². The molecule has 0 aromatic rings. The lowest BCUT2D eigenvalue weighted by atomic mass is 10.0. The Hall–Kier alpha value is -1.63. The Morgan fingerprint density at radius 2 is 0.566 bits per heavy atom. The summed E-state index contributed by atoms with van der Waals surface area (Å²) in [5.74, 6) is -0.763. The Kier molecular flexibility index (Phi) is 59.7. The van der Waals surface area contributed by atoms with Crippen LogP contribution in [-0.2, 0) is 23.9 Å². The van der Waals surface area contributed by atoms with Gasteiger partial charge in [-0.25, -0.2) is 4.79 Å². The highest BCUT2D eigenvalue weighted by Gasteiger charge is 2.27. The van der Waals surface area contributed by atoms with Crippen LogP contribution in [0, 0.1) is 0 Å². The molecule has 0 bridgehead atoms.